The SMILES string of the molecule is COC(=O)c1ccc(Cl)c(Nc2cnc(C(=O)N3CCCC3)cn2)c1. The van der Waals surface area contributed by atoms with E-state index in [1.54, 1.807) is 23.1 Å². The van der Waals surface area contributed by atoms with Crippen molar-refractivity contribution in [2.24, 2.45) is 0 Å². The van der Waals surface area contributed by atoms with Crippen molar-refractivity contribution in [2.75, 3.05) is 25.5 Å². The Kier molecular flexibility index (Phi) is 5.14. The Labute approximate surface area is 150 Å². The fourth-order valence-electron chi connectivity index (χ4n) is 2.59. The summed E-state index contributed by atoms with van der Waals surface area (Å²) in [5.74, 6) is -0.151. The van der Waals surface area contributed by atoms with Gasteiger partial charge in [-0.15, -0.1) is 0 Å². The fraction of sp³-hybridized carbons (Fsp3) is 0.294. The van der Waals surface area contributed by atoms with Gasteiger partial charge in [0.25, 0.3) is 5.91 Å². The predicted molar refractivity (Wildman–Crippen MR) is 93.2 cm³/mol. The van der Waals surface area contributed by atoms with Crippen LogP contribution < -0.4 is 5.32 Å². The summed E-state index contributed by atoms with van der Waals surface area (Å²) in [6.45, 7) is 1.52. The van der Waals surface area contributed by atoms with E-state index in [0.29, 0.717) is 27.8 Å². The topological polar surface area (TPSA) is 84.4 Å². The average Bonchev–Trinajstić information content (AvgIpc) is 3.17. The van der Waals surface area contributed by atoms with Crippen molar-refractivity contribution >= 4 is 35.0 Å². The first kappa shape index (κ1) is 17.2. The van der Waals surface area contributed by atoms with Gasteiger partial charge >= 0.3 is 5.97 Å². The third kappa shape index (κ3) is 3.88. The minimum atomic E-state index is -0.461. The minimum Gasteiger partial charge on any atom is -0.465 e. The predicted octanol–water partition coefficient (Wildman–Crippen LogP) is 2.90. The highest BCUT2D eigenvalue weighted by Crippen LogP contribution is 2.26. The molecule has 0 bridgehead atoms. The zero-order chi connectivity index (χ0) is 17.8. The van der Waals surface area contributed by atoms with Crippen molar-refractivity contribution in [3.05, 3.63) is 46.9 Å². The number of nitrogens with zero attached hydrogens (tertiary/aromatic N) is 3. The summed E-state index contributed by atoms with van der Waals surface area (Å²) in [5, 5.41) is 3.41. The molecule has 0 atom stereocenters. The molecule has 1 fully saturated rings. The molecule has 8 heteroatoms. The first-order valence-electron chi connectivity index (χ1n) is 7.84. The number of methoxy groups -OCH3 is 1. The maximum absolute atomic E-state index is 12.3. The van der Waals surface area contributed by atoms with E-state index in [9.17, 15) is 9.59 Å². The molecular formula is C17H17ClN4O3. The largest absolute Gasteiger partial charge is 0.465 e. The van der Waals surface area contributed by atoms with Crippen LogP contribution in [0.2, 0.25) is 5.02 Å². The summed E-state index contributed by atoms with van der Waals surface area (Å²) in [6.07, 6.45) is 4.94. The first-order valence-corrected chi connectivity index (χ1v) is 8.22. The number of esters is 1. The number of anilines is 2. The number of rotatable bonds is 4. The number of hydrogen-bond acceptors (Lipinski definition) is 6. The second-order valence-corrected chi connectivity index (χ2v) is 6.00. The van der Waals surface area contributed by atoms with Gasteiger partial charge in [0.2, 0.25) is 0 Å². The Morgan fingerprint density at radius 1 is 1.20 bits per heavy atom. The Morgan fingerprint density at radius 2 is 1.96 bits per heavy atom. The molecule has 1 aromatic heterocycles. The monoisotopic (exact) mass is 360 g/mol. The molecule has 1 saturated heterocycles. The van der Waals surface area contributed by atoms with Crippen molar-refractivity contribution in [2.45, 2.75) is 12.8 Å². The summed E-state index contributed by atoms with van der Waals surface area (Å²) in [6, 6.07) is 4.73. The van der Waals surface area contributed by atoms with Crippen LogP contribution in [0.3, 0.4) is 0 Å². The van der Waals surface area contributed by atoms with Gasteiger partial charge in [0, 0.05) is 13.1 Å². The Bertz CT molecular complexity index is 789. The van der Waals surface area contributed by atoms with Crippen LogP contribution in [0.25, 0.3) is 0 Å². The molecule has 0 radical (unpaired) electrons. The number of halogens is 1. The summed E-state index contributed by atoms with van der Waals surface area (Å²) in [4.78, 5) is 34.0. The Morgan fingerprint density at radius 3 is 2.60 bits per heavy atom. The van der Waals surface area contributed by atoms with Gasteiger partial charge in [0.1, 0.15) is 11.5 Å². The lowest BCUT2D eigenvalue weighted by Crippen LogP contribution is -2.28. The van der Waals surface area contributed by atoms with Crippen molar-refractivity contribution in [3.63, 3.8) is 0 Å². The fourth-order valence-corrected chi connectivity index (χ4v) is 2.75. The van der Waals surface area contributed by atoms with Crippen molar-refractivity contribution in [3.8, 4) is 0 Å². The van der Waals surface area contributed by atoms with Crippen LogP contribution in [0.4, 0.5) is 11.5 Å². The molecule has 2 aromatic rings. The lowest BCUT2D eigenvalue weighted by atomic mass is 10.2. The van der Waals surface area contributed by atoms with Crippen molar-refractivity contribution in [1.82, 2.24) is 14.9 Å². The zero-order valence-electron chi connectivity index (χ0n) is 13.7. The maximum Gasteiger partial charge on any atom is 0.337 e. The van der Waals surface area contributed by atoms with E-state index in [2.05, 4.69) is 15.3 Å². The van der Waals surface area contributed by atoms with E-state index < -0.39 is 5.97 Å². The molecule has 2 heterocycles. The summed E-state index contributed by atoms with van der Waals surface area (Å²) >= 11 is 6.14. The lowest BCUT2D eigenvalue weighted by molar-refractivity contribution is 0.0600. The van der Waals surface area contributed by atoms with Crippen molar-refractivity contribution in [1.29, 1.82) is 0 Å². The van der Waals surface area contributed by atoms with Gasteiger partial charge in [-0.05, 0) is 31.0 Å². The molecule has 1 aromatic carbocycles. The Balaban J connectivity index is 1.75. The molecule has 1 aliphatic heterocycles. The third-order valence-electron chi connectivity index (χ3n) is 3.91. The average molecular weight is 361 g/mol. The molecule has 0 saturated carbocycles. The molecule has 1 aliphatic rings. The van der Waals surface area contributed by atoms with E-state index in [4.69, 9.17) is 16.3 Å². The third-order valence-corrected chi connectivity index (χ3v) is 4.24. The number of amides is 1. The van der Waals surface area contributed by atoms with Crippen LogP contribution in [-0.4, -0.2) is 46.9 Å². The van der Waals surface area contributed by atoms with Crippen LogP contribution in [0.15, 0.2) is 30.6 Å². The van der Waals surface area contributed by atoms with E-state index in [1.807, 2.05) is 0 Å². The van der Waals surface area contributed by atoms with Gasteiger partial charge < -0.3 is 15.0 Å². The quantitative estimate of drug-likeness (QED) is 0.844. The van der Waals surface area contributed by atoms with Crippen LogP contribution in [0.5, 0.6) is 0 Å². The number of ether oxygens (including phenoxy) is 1. The van der Waals surface area contributed by atoms with Gasteiger partial charge in [-0.1, -0.05) is 11.6 Å². The number of nitrogens with one attached hydrogen (secondary N) is 1. The second-order valence-electron chi connectivity index (χ2n) is 5.60. The second kappa shape index (κ2) is 7.48. The van der Waals surface area contributed by atoms with Crippen LogP contribution >= 0.6 is 11.6 Å². The van der Waals surface area contributed by atoms with Gasteiger partial charge in [0.05, 0.1) is 35.8 Å². The number of aromatic nitrogens is 2. The summed E-state index contributed by atoms with van der Waals surface area (Å²) < 4.78 is 4.69. The molecule has 1 amide bonds. The highest BCUT2D eigenvalue weighted by molar-refractivity contribution is 6.33. The van der Waals surface area contributed by atoms with Gasteiger partial charge in [-0.3, -0.25) is 4.79 Å². The normalized spacial score (nSPS) is 13.6. The standard InChI is InChI=1S/C17H17ClN4O3/c1-25-17(24)11-4-5-12(18)13(8-11)21-15-10-19-14(9-20-15)16(23)22-6-2-3-7-22/h4-5,8-10H,2-3,6-7H2,1H3,(H,20,21). The molecule has 0 aliphatic carbocycles. The molecule has 3 rings (SSSR count). The van der Waals surface area contributed by atoms with Gasteiger partial charge in [-0.25, -0.2) is 14.8 Å². The first-order chi connectivity index (χ1) is 12.1. The van der Waals surface area contributed by atoms with E-state index in [0.717, 1.165) is 25.9 Å². The minimum absolute atomic E-state index is 0.109. The maximum atomic E-state index is 12.3. The van der Waals surface area contributed by atoms with E-state index in [1.165, 1.54) is 19.5 Å². The van der Waals surface area contributed by atoms with Crippen molar-refractivity contribution < 1.29 is 14.3 Å². The highest BCUT2D eigenvalue weighted by atomic mass is 35.5. The van der Waals surface area contributed by atoms with Crippen LogP contribution in [0, 0.1) is 0 Å². The molecule has 7 nitrogen and oxygen atoms in total. The molecular weight excluding hydrogens is 344 g/mol. The highest BCUT2D eigenvalue weighted by Gasteiger charge is 2.20. The van der Waals surface area contributed by atoms with E-state index >= 15 is 0 Å². The van der Waals surface area contributed by atoms with Crippen LogP contribution in [-0.2, 0) is 4.74 Å². The van der Waals surface area contributed by atoms with Crippen LogP contribution in [0.1, 0.15) is 33.7 Å². The molecule has 1 N–H and O–H groups in total. The number of likely N-dealkylation sites (tertiary alicyclic amines) is 1. The number of hydrogen-bond donors (Lipinski definition) is 1. The molecule has 0 unspecified atom stereocenters. The zero-order valence-corrected chi connectivity index (χ0v) is 14.4. The van der Waals surface area contributed by atoms with Gasteiger partial charge in [0.15, 0.2) is 0 Å². The lowest BCUT2D eigenvalue weighted by Gasteiger charge is -2.14. The number of carbonyl (C=O) groups is 2. The Hall–Kier alpha value is -2.67. The number of benzene rings is 1. The number of carbonyl (C=O) groups excluding carboxylic acids is 2. The van der Waals surface area contributed by atoms with Gasteiger partial charge in [-0.2, -0.15) is 0 Å². The smallest absolute Gasteiger partial charge is 0.337 e. The molecule has 130 valence electrons. The summed E-state index contributed by atoms with van der Waals surface area (Å²) in [7, 11) is 1.31. The molecule has 0 spiro atoms. The van der Waals surface area contributed by atoms with E-state index in [-0.39, 0.29) is 5.91 Å². The molecule has 25 heavy (non-hydrogen) atoms. The summed E-state index contributed by atoms with van der Waals surface area (Å²) in [5.41, 5.74) is 1.17.